The summed E-state index contributed by atoms with van der Waals surface area (Å²) in [6, 6.07) is 8.25. The van der Waals surface area contributed by atoms with Gasteiger partial charge in [0.15, 0.2) is 0 Å². The number of nitrogens with zero attached hydrogens (tertiary/aromatic N) is 2. The molecule has 0 amide bonds. The van der Waals surface area contributed by atoms with Crippen molar-refractivity contribution in [2.75, 3.05) is 13.2 Å². The van der Waals surface area contributed by atoms with Crippen molar-refractivity contribution in [3.8, 4) is 5.75 Å². The fourth-order valence-electron chi connectivity index (χ4n) is 1.91. The van der Waals surface area contributed by atoms with Gasteiger partial charge in [-0.05, 0) is 37.6 Å². The fourth-order valence-corrected chi connectivity index (χ4v) is 1.91. The summed E-state index contributed by atoms with van der Waals surface area (Å²) < 4.78 is 7.51. The van der Waals surface area contributed by atoms with Gasteiger partial charge < -0.3 is 14.6 Å². The van der Waals surface area contributed by atoms with Crippen molar-refractivity contribution < 1.29 is 4.74 Å². The molecule has 0 radical (unpaired) electrons. The largest absolute Gasteiger partial charge is 0.494 e. The Balaban J connectivity index is 1.62. The van der Waals surface area contributed by atoms with E-state index in [4.69, 9.17) is 4.74 Å². The van der Waals surface area contributed by atoms with Gasteiger partial charge in [-0.2, -0.15) is 0 Å². The highest BCUT2D eigenvalue weighted by molar-refractivity contribution is 5.27. The molecule has 102 valence electrons. The van der Waals surface area contributed by atoms with Crippen LogP contribution in [-0.2, 0) is 13.1 Å². The summed E-state index contributed by atoms with van der Waals surface area (Å²) in [5.41, 5.74) is 1.28. The Hall–Kier alpha value is -1.81. The fraction of sp³-hybridized carbons (Fsp3) is 0.400. The zero-order chi connectivity index (χ0) is 13.3. The van der Waals surface area contributed by atoms with E-state index in [9.17, 15) is 0 Å². The molecule has 0 bridgehead atoms. The first kappa shape index (κ1) is 13.6. The Kier molecular flexibility index (Phi) is 5.44. The molecule has 19 heavy (non-hydrogen) atoms. The summed E-state index contributed by atoms with van der Waals surface area (Å²) in [6.45, 7) is 5.62. The van der Waals surface area contributed by atoms with Gasteiger partial charge in [0.25, 0.3) is 0 Å². The Morgan fingerprint density at radius 3 is 2.79 bits per heavy atom. The van der Waals surface area contributed by atoms with Gasteiger partial charge in [0, 0.05) is 25.5 Å². The monoisotopic (exact) mass is 259 g/mol. The molecule has 1 aromatic carbocycles. The highest BCUT2D eigenvalue weighted by Gasteiger charge is 1.95. The van der Waals surface area contributed by atoms with E-state index in [1.807, 2.05) is 37.8 Å². The highest BCUT2D eigenvalue weighted by Crippen LogP contribution is 2.11. The van der Waals surface area contributed by atoms with E-state index in [0.717, 1.165) is 31.8 Å². The van der Waals surface area contributed by atoms with Crippen LogP contribution in [0, 0.1) is 0 Å². The van der Waals surface area contributed by atoms with Crippen LogP contribution in [0.1, 0.15) is 18.9 Å². The third-order valence-electron chi connectivity index (χ3n) is 2.89. The van der Waals surface area contributed by atoms with E-state index in [1.54, 1.807) is 0 Å². The van der Waals surface area contributed by atoms with Crippen LogP contribution in [0.25, 0.3) is 0 Å². The molecule has 1 aromatic heterocycles. The van der Waals surface area contributed by atoms with Crippen molar-refractivity contribution in [2.24, 2.45) is 0 Å². The molecule has 0 saturated heterocycles. The van der Waals surface area contributed by atoms with Gasteiger partial charge in [0.1, 0.15) is 5.75 Å². The molecule has 4 nitrogen and oxygen atoms in total. The smallest absolute Gasteiger partial charge is 0.119 e. The second kappa shape index (κ2) is 7.59. The van der Waals surface area contributed by atoms with Crippen LogP contribution in [-0.4, -0.2) is 22.7 Å². The summed E-state index contributed by atoms with van der Waals surface area (Å²) >= 11 is 0. The van der Waals surface area contributed by atoms with Gasteiger partial charge in [0.05, 0.1) is 12.9 Å². The van der Waals surface area contributed by atoms with E-state index >= 15 is 0 Å². The zero-order valence-electron chi connectivity index (χ0n) is 11.4. The average molecular weight is 259 g/mol. The van der Waals surface area contributed by atoms with E-state index in [-0.39, 0.29) is 0 Å². The number of aromatic nitrogens is 2. The number of ether oxygens (including phenoxy) is 1. The van der Waals surface area contributed by atoms with Crippen molar-refractivity contribution >= 4 is 0 Å². The Bertz CT molecular complexity index is 451. The number of hydrogen-bond acceptors (Lipinski definition) is 3. The van der Waals surface area contributed by atoms with Crippen molar-refractivity contribution in [2.45, 2.75) is 26.4 Å². The maximum Gasteiger partial charge on any atom is 0.119 e. The molecule has 1 N–H and O–H groups in total. The van der Waals surface area contributed by atoms with E-state index in [2.05, 4.69) is 27.0 Å². The molecule has 1 heterocycles. The second-order valence-electron chi connectivity index (χ2n) is 4.41. The number of hydrogen-bond donors (Lipinski definition) is 1. The maximum atomic E-state index is 5.42. The number of aryl methyl sites for hydroxylation is 1. The molecule has 0 aliphatic heterocycles. The standard InChI is InChI=1S/C15H21N3O/c1-2-19-15-6-4-14(5-7-15)12-16-8-3-10-18-11-9-17-13-18/h4-7,9,11,13,16H,2-3,8,10,12H2,1H3. The summed E-state index contributed by atoms with van der Waals surface area (Å²) in [5.74, 6) is 0.936. The summed E-state index contributed by atoms with van der Waals surface area (Å²) in [6.07, 6.45) is 6.76. The van der Waals surface area contributed by atoms with E-state index in [1.165, 1.54) is 5.56 Å². The van der Waals surface area contributed by atoms with Crippen LogP contribution < -0.4 is 10.1 Å². The molecule has 0 spiro atoms. The number of imidazole rings is 1. The molecule has 0 saturated carbocycles. The molecule has 4 heteroatoms. The molecule has 2 rings (SSSR count). The topological polar surface area (TPSA) is 39.1 Å². The summed E-state index contributed by atoms with van der Waals surface area (Å²) in [5, 5.41) is 3.44. The minimum Gasteiger partial charge on any atom is -0.494 e. The Morgan fingerprint density at radius 1 is 1.26 bits per heavy atom. The first-order valence-corrected chi connectivity index (χ1v) is 6.76. The lowest BCUT2D eigenvalue weighted by Crippen LogP contribution is -2.16. The van der Waals surface area contributed by atoms with Crippen LogP contribution in [0.3, 0.4) is 0 Å². The Morgan fingerprint density at radius 2 is 2.11 bits per heavy atom. The van der Waals surface area contributed by atoms with Crippen molar-refractivity contribution in [3.63, 3.8) is 0 Å². The Labute approximate surface area is 114 Å². The number of nitrogens with one attached hydrogen (secondary N) is 1. The van der Waals surface area contributed by atoms with Gasteiger partial charge in [0.2, 0.25) is 0 Å². The number of rotatable bonds is 8. The normalized spacial score (nSPS) is 10.6. The molecule has 2 aromatic rings. The van der Waals surface area contributed by atoms with Crippen LogP contribution in [0.2, 0.25) is 0 Å². The molecular formula is C15H21N3O. The first-order chi connectivity index (χ1) is 9.38. The average Bonchev–Trinajstić information content (AvgIpc) is 2.94. The molecule has 0 fully saturated rings. The van der Waals surface area contributed by atoms with Crippen molar-refractivity contribution in [3.05, 3.63) is 48.5 Å². The molecule has 0 unspecified atom stereocenters. The van der Waals surface area contributed by atoms with Gasteiger partial charge in [-0.25, -0.2) is 4.98 Å². The first-order valence-electron chi connectivity index (χ1n) is 6.76. The van der Waals surface area contributed by atoms with Crippen molar-refractivity contribution in [1.82, 2.24) is 14.9 Å². The highest BCUT2D eigenvalue weighted by atomic mass is 16.5. The predicted octanol–water partition coefficient (Wildman–Crippen LogP) is 2.46. The van der Waals surface area contributed by atoms with Crippen LogP contribution in [0.5, 0.6) is 5.75 Å². The van der Waals surface area contributed by atoms with Crippen LogP contribution in [0.15, 0.2) is 43.0 Å². The lowest BCUT2D eigenvalue weighted by molar-refractivity contribution is 0.340. The van der Waals surface area contributed by atoms with Gasteiger partial charge >= 0.3 is 0 Å². The molecule has 0 atom stereocenters. The van der Waals surface area contributed by atoms with E-state index in [0.29, 0.717) is 6.61 Å². The van der Waals surface area contributed by atoms with Gasteiger partial charge in [-0.3, -0.25) is 0 Å². The van der Waals surface area contributed by atoms with Gasteiger partial charge in [-0.15, -0.1) is 0 Å². The van der Waals surface area contributed by atoms with Crippen LogP contribution in [0.4, 0.5) is 0 Å². The second-order valence-corrected chi connectivity index (χ2v) is 4.41. The molecule has 0 aliphatic rings. The maximum absolute atomic E-state index is 5.42. The lowest BCUT2D eigenvalue weighted by Gasteiger charge is -2.07. The quantitative estimate of drug-likeness (QED) is 0.740. The third-order valence-corrected chi connectivity index (χ3v) is 2.89. The zero-order valence-corrected chi connectivity index (χ0v) is 11.4. The van der Waals surface area contributed by atoms with Crippen molar-refractivity contribution in [1.29, 1.82) is 0 Å². The molecule has 0 aliphatic carbocycles. The molecular weight excluding hydrogens is 238 g/mol. The van der Waals surface area contributed by atoms with Crippen LogP contribution >= 0.6 is 0 Å². The summed E-state index contributed by atoms with van der Waals surface area (Å²) in [7, 11) is 0. The van der Waals surface area contributed by atoms with Gasteiger partial charge in [-0.1, -0.05) is 12.1 Å². The number of benzene rings is 1. The SMILES string of the molecule is CCOc1ccc(CNCCCn2ccnc2)cc1. The lowest BCUT2D eigenvalue weighted by atomic mass is 10.2. The minimum absolute atomic E-state index is 0.714. The predicted molar refractivity (Wildman–Crippen MR) is 76.2 cm³/mol. The minimum atomic E-state index is 0.714. The third kappa shape index (κ3) is 4.75. The summed E-state index contributed by atoms with van der Waals surface area (Å²) in [4.78, 5) is 4.02. The van der Waals surface area contributed by atoms with E-state index < -0.39 is 0 Å².